The number of halogens is 1. The van der Waals surface area contributed by atoms with Gasteiger partial charge in [-0.05, 0) is 31.1 Å². The van der Waals surface area contributed by atoms with E-state index in [2.05, 4.69) is 17.3 Å². The van der Waals surface area contributed by atoms with Crippen LogP contribution in [0.4, 0.5) is 5.69 Å². The van der Waals surface area contributed by atoms with Crippen LogP contribution in [-0.2, 0) is 6.54 Å². The summed E-state index contributed by atoms with van der Waals surface area (Å²) in [7, 11) is 0. The van der Waals surface area contributed by atoms with Crippen molar-refractivity contribution in [3.63, 3.8) is 0 Å². The van der Waals surface area contributed by atoms with Gasteiger partial charge in [0, 0.05) is 12.6 Å². The van der Waals surface area contributed by atoms with Crippen LogP contribution in [0.5, 0.6) is 0 Å². The largest absolute Gasteiger partial charge is 0.376 e. The topological polar surface area (TPSA) is 46.9 Å². The first-order chi connectivity index (χ1) is 8.15. The van der Waals surface area contributed by atoms with Gasteiger partial charge in [0.05, 0.1) is 11.2 Å². The molecule has 2 saturated carbocycles. The van der Waals surface area contributed by atoms with E-state index in [-0.39, 0.29) is 5.56 Å². The standard InChI is InChI=1S/C12H16ClN3O/c1-7-4-10(7)15-11-9(13)5-14-16(12(11)17)6-8-2-3-8/h5,7-8,10,15H,2-4,6H2,1H3. The van der Waals surface area contributed by atoms with Crippen LogP contribution in [0.15, 0.2) is 11.0 Å². The van der Waals surface area contributed by atoms with E-state index < -0.39 is 0 Å². The van der Waals surface area contributed by atoms with Crippen molar-refractivity contribution in [2.24, 2.45) is 11.8 Å². The van der Waals surface area contributed by atoms with Gasteiger partial charge in [0.2, 0.25) is 0 Å². The molecule has 0 saturated heterocycles. The third-order valence-corrected chi connectivity index (χ3v) is 3.85. The molecule has 0 bridgehead atoms. The third kappa shape index (κ3) is 2.32. The monoisotopic (exact) mass is 253 g/mol. The minimum atomic E-state index is -0.0801. The Kier molecular flexibility index (Phi) is 2.62. The molecule has 1 aromatic heterocycles. The normalized spacial score (nSPS) is 26.9. The molecule has 5 heteroatoms. The number of rotatable bonds is 4. The fraction of sp³-hybridized carbons (Fsp3) is 0.667. The van der Waals surface area contributed by atoms with Gasteiger partial charge in [0.15, 0.2) is 0 Å². The Hall–Kier alpha value is -1.03. The van der Waals surface area contributed by atoms with E-state index in [0.29, 0.717) is 28.6 Å². The summed E-state index contributed by atoms with van der Waals surface area (Å²) in [5.41, 5.74) is 0.445. The highest BCUT2D eigenvalue weighted by molar-refractivity contribution is 6.33. The van der Waals surface area contributed by atoms with Gasteiger partial charge in [-0.3, -0.25) is 4.79 Å². The first-order valence-electron chi connectivity index (χ1n) is 6.17. The molecule has 0 aromatic carbocycles. The molecule has 0 amide bonds. The van der Waals surface area contributed by atoms with E-state index in [9.17, 15) is 4.79 Å². The van der Waals surface area contributed by atoms with E-state index in [0.717, 1.165) is 13.0 Å². The summed E-state index contributed by atoms with van der Waals surface area (Å²) in [6.07, 6.45) is 5.10. The predicted octanol–water partition coefficient (Wildman–Crippen LogP) is 2.13. The van der Waals surface area contributed by atoms with Gasteiger partial charge in [0.25, 0.3) is 5.56 Å². The summed E-state index contributed by atoms with van der Waals surface area (Å²) < 4.78 is 1.54. The fourth-order valence-corrected chi connectivity index (χ4v) is 2.16. The second kappa shape index (κ2) is 4.02. The summed E-state index contributed by atoms with van der Waals surface area (Å²) in [4.78, 5) is 12.2. The van der Waals surface area contributed by atoms with Crippen LogP contribution >= 0.6 is 11.6 Å². The lowest BCUT2D eigenvalue weighted by atomic mass is 10.4. The molecule has 17 heavy (non-hydrogen) atoms. The van der Waals surface area contributed by atoms with E-state index in [4.69, 9.17) is 11.6 Å². The van der Waals surface area contributed by atoms with Gasteiger partial charge in [0.1, 0.15) is 5.69 Å². The predicted molar refractivity (Wildman–Crippen MR) is 67.4 cm³/mol. The summed E-state index contributed by atoms with van der Waals surface area (Å²) >= 11 is 6.03. The Morgan fingerprint density at radius 1 is 1.59 bits per heavy atom. The Balaban J connectivity index is 1.86. The molecule has 2 unspecified atom stereocenters. The lowest BCUT2D eigenvalue weighted by Gasteiger charge is -2.09. The Morgan fingerprint density at radius 2 is 2.29 bits per heavy atom. The zero-order chi connectivity index (χ0) is 12.0. The summed E-state index contributed by atoms with van der Waals surface area (Å²) in [6.45, 7) is 2.89. The maximum atomic E-state index is 12.2. The average Bonchev–Trinajstić information content (AvgIpc) is 3.18. The van der Waals surface area contributed by atoms with Crippen molar-refractivity contribution in [1.29, 1.82) is 0 Å². The number of nitrogens with one attached hydrogen (secondary N) is 1. The zero-order valence-electron chi connectivity index (χ0n) is 9.82. The van der Waals surface area contributed by atoms with Crippen LogP contribution < -0.4 is 10.9 Å². The van der Waals surface area contributed by atoms with Gasteiger partial charge in [-0.15, -0.1) is 0 Å². The van der Waals surface area contributed by atoms with Crippen molar-refractivity contribution in [2.45, 2.75) is 38.8 Å². The molecule has 0 spiro atoms. The zero-order valence-corrected chi connectivity index (χ0v) is 10.6. The molecule has 2 aliphatic carbocycles. The molecule has 1 heterocycles. The number of aromatic nitrogens is 2. The molecule has 2 fully saturated rings. The quantitative estimate of drug-likeness (QED) is 0.894. The third-order valence-electron chi connectivity index (χ3n) is 3.56. The van der Waals surface area contributed by atoms with Crippen LogP contribution in [0, 0.1) is 11.8 Å². The first kappa shape index (κ1) is 11.1. The van der Waals surface area contributed by atoms with Crippen molar-refractivity contribution in [1.82, 2.24) is 9.78 Å². The van der Waals surface area contributed by atoms with Gasteiger partial charge in [-0.2, -0.15) is 5.10 Å². The fourth-order valence-electron chi connectivity index (χ4n) is 1.98. The second-order valence-corrected chi connectivity index (χ2v) is 5.67. The Labute approximate surface area is 105 Å². The molecule has 4 nitrogen and oxygen atoms in total. The van der Waals surface area contributed by atoms with Crippen molar-refractivity contribution in [3.8, 4) is 0 Å². The highest BCUT2D eigenvalue weighted by Gasteiger charge is 2.34. The van der Waals surface area contributed by atoms with E-state index >= 15 is 0 Å². The van der Waals surface area contributed by atoms with Gasteiger partial charge < -0.3 is 5.32 Å². The van der Waals surface area contributed by atoms with Crippen molar-refractivity contribution in [2.75, 3.05) is 5.32 Å². The summed E-state index contributed by atoms with van der Waals surface area (Å²) in [5.74, 6) is 1.27. The minimum absolute atomic E-state index is 0.0801. The Morgan fingerprint density at radius 3 is 2.88 bits per heavy atom. The summed E-state index contributed by atoms with van der Waals surface area (Å²) in [5, 5.41) is 7.76. The summed E-state index contributed by atoms with van der Waals surface area (Å²) in [6, 6.07) is 0.400. The lowest BCUT2D eigenvalue weighted by Crippen LogP contribution is -2.27. The highest BCUT2D eigenvalue weighted by Crippen LogP contribution is 2.34. The lowest BCUT2D eigenvalue weighted by molar-refractivity contribution is 0.534. The Bertz CT molecular complexity index is 495. The second-order valence-electron chi connectivity index (χ2n) is 5.26. The molecule has 2 aliphatic rings. The molecular weight excluding hydrogens is 238 g/mol. The molecule has 0 aliphatic heterocycles. The van der Waals surface area contributed by atoms with E-state index in [1.165, 1.54) is 12.8 Å². The highest BCUT2D eigenvalue weighted by atomic mass is 35.5. The van der Waals surface area contributed by atoms with Gasteiger partial charge >= 0.3 is 0 Å². The van der Waals surface area contributed by atoms with Crippen molar-refractivity contribution >= 4 is 17.3 Å². The minimum Gasteiger partial charge on any atom is -0.376 e. The number of hydrogen-bond donors (Lipinski definition) is 1. The van der Waals surface area contributed by atoms with Crippen LogP contribution in [0.1, 0.15) is 26.2 Å². The van der Waals surface area contributed by atoms with Crippen LogP contribution in [-0.4, -0.2) is 15.8 Å². The average molecular weight is 254 g/mol. The van der Waals surface area contributed by atoms with Crippen LogP contribution in [0.3, 0.4) is 0 Å². The van der Waals surface area contributed by atoms with E-state index in [1.807, 2.05) is 0 Å². The van der Waals surface area contributed by atoms with Crippen LogP contribution in [0.2, 0.25) is 5.02 Å². The molecular formula is C12H16ClN3O. The number of hydrogen-bond acceptors (Lipinski definition) is 3. The number of nitrogens with zero attached hydrogens (tertiary/aromatic N) is 2. The van der Waals surface area contributed by atoms with Gasteiger partial charge in [-0.25, -0.2) is 4.68 Å². The maximum absolute atomic E-state index is 12.2. The first-order valence-corrected chi connectivity index (χ1v) is 6.55. The number of anilines is 1. The smallest absolute Gasteiger partial charge is 0.291 e. The molecule has 1 aromatic rings. The molecule has 3 rings (SSSR count). The molecule has 1 N–H and O–H groups in total. The molecule has 2 atom stereocenters. The van der Waals surface area contributed by atoms with Gasteiger partial charge in [-0.1, -0.05) is 18.5 Å². The van der Waals surface area contributed by atoms with Crippen molar-refractivity contribution in [3.05, 3.63) is 21.6 Å². The van der Waals surface area contributed by atoms with Crippen molar-refractivity contribution < 1.29 is 0 Å². The molecule has 92 valence electrons. The van der Waals surface area contributed by atoms with Crippen LogP contribution in [0.25, 0.3) is 0 Å². The molecule has 0 radical (unpaired) electrons. The maximum Gasteiger partial charge on any atom is 0.291 e. The van der Waals surface area contributed by atoms with E-state index in [1.54, 1.807) is 10.9 Å². The SMILES string of the molecule is CC1CC1Nc1c(Cl)cnn(CC2CC2)c1=O.